The van der Waals surface area contributed by atoms with Gasteiger partial charge in [-0.2, -0.15) is 0 Å². The van der Waals surface area contributed by atoms with Gasteiger partial charge in [-0.1, -0.05) is 164 Å². The monoisotopic (exact) mass is 814 g/mol. The Morgan fingerprint density at radius 3 is 1.86 bits per heavy atom. The highest BCUT2D eigenvalue weighted by atomic mass is 16.3. The van der Waals surface area contributed by atoms with Crippen molar-refractivity contribution in [2.75, 3.05) is 4.90 Å². The standard InChI is InChI=1S/C61H38N2O/c1-2-14-39(15-3-1)40-28-31-43(32-29-40)62(45-33-34-49-48-20-6-11-27-58(48)64-59(49)38-45)44-17-12-16-41(36-44)42-30-35-53-51(37-42)46-18-4-7-22-52(46)61(53)54-23-8-10-26-57(54)63-56-25-9-5-19-47(56)50-21-13-24-55(61)60(50)63/h1-38H. The van der Waals surface area contributed by atoms with Crippen LogP contribution in [0.15, 0.2) is 235 Å². The number of hydrogen-bond donors (Lipinski definition) is 0. The highest BCUT2D eigenvalue weighted by molar-refractivity contribution is 6.13. The molecule has 1 atom stereocenters. The van der Waals surface area contributed by atoms with Gasteiger partial charge < -0.3 is 13.9 Å². The number of hydrogen-bond acceptors (Lipinski definition) is 2. The van der Waals surface area contributed by atoms with E-state index in [1.807, 2.05) is 12.1 Å². The number of benzene rings is 10. The Morgan fingerprint density at radius 1 is 0.344 bits per heavy atom. The Morgan fingerprint density at radius 2 is 0.953 bits per heavy atom. The average Bonchev–Trinajstić information content (AvgIpc) is 4.01. The van der Waals surface area contributed by atoms with Crippen LogP contribution in [-0.4, -0.2) is 4.57 Å². The molecule has 3 heteroatoms. The summed E-state index contributed by atoms with van der Waals surface area (Å²) in [4.78, 5) is 2.35. The van der Waals surface area contributed by atoms with Gasteiger partial charge in [0.05, 0.1) is 22.1 Å². The van der Waals surface area contributed by atoms with Gasteiger partial charge in [-0.25, -0.2) is 0 Å². The molecule has 0 N–H and O–H groups in total. The molecule has 1 aliphatic heterocycles. The smallest absolute Gasteiger partial charge is 0.137 e. The zero-order valence-corrected chi connectivity index (χ0v) is 34.7. The lowest BCUT2D eigenvalue weighted by Crippen LogP contribution is -2.33. The predicted molar refractivity (Wildman–Crippen MR) is 264 cm³/mol. The maximum atomic E-state index is 6.45. The third-order valence-electron chi connectivity index (χ3n) is 14.0. The normalized spacial score (nSPS) is 14.6. The Bertz CT molecular complexity index is 3860. The zero-order chi connectivity index (χ0) is 41.9. The highest BCUT2D eigenvalue weighted by Gasteiger charge is 2.50. The first-order chi connectivity index (χ1) is 31.7. The van der Waals surface area contributed by atoms with E-state index in [-0.39, 0.29) is 0 Å². The lowest BCUT2D eigenvalue weighted by Gasteiger charge is -2.39. The van der Waals surface area contributed by atoms with Gasteiger partial charge in [-0.15, -0.1) is 0 Å². The van der Waals surface area contributed by atoms with Gasteiger partial charge in [0.1, 0.15) is 11.2 Å². The minimum absolute atomic E-state index is 0.481. The first-order valence-electron chi connectivity index (χ1n) is 22.1. The summed E-state index contributed by atoms with van der Waals surface area (Å²) < 4.78 is 8.96. The van der Waals surface area contributed by atoms with Crippen LogP contribution in [0.5, 0.6) is 0 Å². The van der Waals surface area contributed by atoms with Crippen molar-refractivity contribution in [2.24, 2.45) is 0 Å². The number of para-hydroxylation sites is 4. The van der Waals surface area contributed by atoms with Crippen LogP contribution in [0.4, 0.5) is 17.1 Å². The molecule has 0 amide bonds. The quantitative estimate of drug-likeness (QED) is 0.173. The molecule has 0 bridgehead atoms. The molecule has 14 rings (SSSR count). The summed E-state index contributed by atoms with van der Waals surface area (Å²) in [5, 5.41) is 4.81. The molecule has 2 aromatic heterocycles. The molecule has 298 valence electrons. The minimum atomic E-state index is -0.481. The topological polar surface area (TPSA) is 21.3 Å². The fraction of sp³-hybridized carbons (Fsp3) is 0.0164. The van der Waals surface area contributed by atoms with Crippen LogP contribution in [0.25, 0.3) is 82.8 Å². The van der Waals surface area contributed by atoms with E-state index in [4.69, 9.17) is 4.42 Å². The molecule has 0 saturated heterocycles. The van der Waals surface area contributed by atoms with E-state index < -0.39 is 5.41 Å². The summed E-state index contributed by atoms with van der Waals surface area (Å²) in [5.41, 5.74) is 20.8. The summed E-state index contributed by atoms with van der Waals surface area (Å²) in [5.74, 6) is 0. The molecule has 12 aromatic rings. The Kier molecular flexibility index (Phi) is 7.32. The molecule has 0 saturated carbocycles. The number of rotatable bonds is 5. The molecule has 3 heterocycles. The van der Waals surface area contributed by atoms with Gasteiger partial charge in [-0.05, 0) is 116 Å². The number of nitrogens with zero attached hydrogens (tertiary/aromatic N) is 2. The number of aromatic nitrogens is 1. The number of furan rings is 1. The molecule has 0 fully saturated rings. The Hall–Kier alpha value is -8.40. The van der Waals surface area contributed by atoms with Crippen LogP contribution in [0, 0.1) is 0 Å². The van der Waals surface area contributed by atoms with Crippen molar-refractivity contribution in [3.05, 3.63) is 253 Å². The summed E-state index contributed by atoms with van der Waals surface area (Å²) in [6.45, 7) is 0. The zero-order valence-electron chi connectivity index (χ0n) is 34.7. The highest BCUT2D eigenvalue weighted by Crippen LogP contribution is 2.61. The van der Waals surface area contributed by atoms with Crippen LogP contribution in [0.3, 0.4) is 0 Å². The molecule has 64 heavy (non-hydrogen) atoms. The van der Waals surface area contributed by atoms with Crippen molar-refractivity contribution in [1.29, 1.82) is 0 Å². The Balaban J connectivity index is 0.945. The maximum Gasteiger partial charge on any atom is 0.137 e. The molecule has 1 spiro atoms. The van der Waals surface area contributed by atoms with E-state index in [1.165, 1.54) is 77.6 Å². The molecule has 10 aromatic carbocycles. The van der Waals surface area contributed by atoms with Crippen LogP contribution >= 0.6 is 0 Å². The molecule has 2 aliphatic rings. The summed E-state index contributed by atoms with van der Waals surface area (Å²) in [7, 11) is 0. The summed E-state index contributed by atoms with van der Waals surface area (Å²) >= 11 is 0. The fourth-order valence-corrected chi connectivity index (χ4v) is 11.3. The van der Waals surface area contributed by atoms with Crippen molar-refractivity contribution < 1.29 is 4.42 Å². The fourth-order valence-electron chi connectivity index (χ4n) is 11.3. The SMILES string of the molecule is c1ccc(-c2ccc(N(c3cccc(-c4ccc5c(c4)-c4ccccc4C54c5ccccc5-n5c6ccccc6c6cccc4c65)c3)c3ccc4c(c3)oc3ccccc34)cc2)cc1. The van der Waals surface area contributed by atoms with Gasteiger partial charge in [0, 0.05) is 44.7 Å². The second-order valence-corrected chi connectivity index (χ2v) is 17.2. The van der Waals surface area contributed by atoms with Crippen molar-refractivity contribution in [3.8, 4) is 39.1 Å². The molecular weight excluding hydrogens is 777 g/mol. The molecule has 1 aliphatic carbocycles. The molecule has 1 unspecified atom stereocenters. The van der Waals surface area contributed by atoms with Crippen molar-refractivity contribution in [1.82, 2.24) is 4.57 Å². The third kappa shape index (κ3) is 4.81. The van der Waals surface area contributed by atoms with Crippen molar-refractivity contribution >= 4 is 60.8 Å². The molecular formula is C61H38N2O. The number of anilines is 3. The first kappa shape index (κ1) is 35.2. The summed E-state index contributed by atoms with van der Waals surface area (Å²) in [6, 6.07) is 84.5. The minimum Gasteiger partial charge on any atom is -0.456 e. The van der Waals surface area contributed by atoms with Crippen LogP contribution in [-0.2, 0) is 5.41 Å². The van der Waals surface area contributed by atoms with E-state index in [1.54, 1.807) is 0 Å². The van der Waals surface area contributed by atoms with E-state index in [9.17, 15) is 0 Å². The van der Waals surface area contributed by atoms with Crippen LogP contribution in [0.2, 0.25) is 0 Å². The van der Waals surface area contributed by atoms with Crippen molar-refractivity contribution in [3.63, 3.8) is 0 Å². The first-order valence-corrected chi connectivity index (χ1v) is 22.1. The molecule has 0 radical (unpaired) electrons. The average molecular weight is 815 g/mol. The van der Waals surface area contributed by atoms with Crippen molar-refractivity contribution in [2.45, 2.75) is 5.41 Å². The maximum absolute atomic E-state index is 6.45. The van der Waals surface area contributed by atoms with Gasteiger partial charge in [0.25, 0.3) is 0 Å². The van der Waals surface area contributed by atoms with Gasteiger partial charge in [0.15, 0.2) is 0 Å². The van der Waals surface area contributed by atoms with E-state index in [0.29, 0.717) is 0 Å². The second kappa shape index (κ2) is 13.3. The lowest BCUT2D eigenvalue weighted by molar-refractivity contribution is 0.669. The largest absolute Gasteiger partial charge is 0.456 e. The van der Waals surface area contributed by atoms with E-state index in [2.05, 4.69) is 228 Å². The lowest BCUT2D eigenvalue weighted by atomic mass is 9.65. The van der Waals surface area contributed by atoms with Crippen LogP contribution < -0.4 is 4.90 Å². The van der Waals surface area contributed by atoms with Gasteiger partial charge in [-0.3, -0.25) is 0 Å². The Labute approximate surface area is 370 Å². The third-order valence-corrected chi connectivity index (χ3v) is 14.0. The van der Waals surface area contributed by atoms with Crippen LogP contribution in [0.1, 0.15) is 22.3 Å². The van der Waals surface area contributed by atoms with Gasteiger partial charge in [0.2, 0.25) is 0 Å². The second-order valence-electron chi connectivity index (χ2n) is 17.2. The van der Waals surface area contributed by atoms with E-state index in [0.717, 1.165) is 44.6 Å². The predicted octanol–water partition coefficient (Wildman–Crippen LogP) is 16.2. The summed E-state index contributed by atoms with van der Waals surface area (Å²) in [6.07, 6.45) is 0. The number of fused-ring (bicyclic) bond motifs is 15. The van der Waals surface area contributed by atoms with E-state index >= 15 is 0 Å². The van der Waals surface area contributed by atoms with Gasteiger partial charge >= 0.3 is 0 Å². The molecule has 3 nitrogen and oxygen atoms in total.